The Morgan fingerprint density at radius 3 is 2.06 bits per heavy atom. The number of likely N-dealkylation sites (N-methyl/N-ethyl adjacent to an activating group) is 1. The molecule has 3 heteroatoms. The molecule has 1 aliphatic heterocycles. The SMILES string of the molecule is CN1CC2C3=c4c5c6c7c(cc8c9c%10c%11c%12c%13c%14c(cc%15c%16c(c4c(c5c%11c79)c%12c%14%16)=C(C3)C%15)=CC3=CC(=C8)C%10C3%13)CC62C1c1ccc(OCc2ccccc2)c(OCc2ccccc2)c1. The van der Waals surface area contributed by atoms with Crippen molar-refractivity contribution in [2.75, 3.05) is 13.6 Å². The Labute approximate surface area is 372 Å². The lowest BCUT2D eigenvalue weighted by molar-refractivity contribution is 0.238. The number of hydrogen-bond acceptors (Lipinski definition) is 3. The highest BCUT2D eigenvalue weighted by Crippen LogP contribution is 2.72. The summed E-state index contributed by atoms with van der Waals surface area (Å²) < 4.78 is 13.5. The fourth-order valence-corrected chi connectivity index (χ4v) is 17.7. The Bertz CT molecular complexity index is 4500. The van der Waals surface area contributed by atoms with E-state index >= 15 is 0 Å². The van der Waals surface area contributed by atoms with Crippen molar-refractivity contribution in [2.24, 2.45) is 5.92 Å². The van der Waals surface area contributed by atoms with Gasteiger partial charge in [0, 0.05) is 35.8 Å². The van der Waals surface area contributed by atoms with Crippen LogP contribution in [0, 0.1) is 5.92 Å². The molecule has 3 nitrogen and oxygen atoms in total. The molecule has 0 amide bonds. The highest BCUT2D eigenvalue weighted by molar-refractivity contribution is 6.53. The summed E-state index contributed by atoms with van der Waals surface area (Å²) in [4.78, 5) is 2.76. The molecule has 11 aromatic rings. The minimum Gasteiger partial charge on any atom is -0.485 e. The topological polar surface area (TPSA) is 21.7 Å². The van der Waals surface area contributed by atoms with Crippen LogP contribution in [-0.2, 0) is 31.5 Å². The zero-order valence-corrected chi connectivity index (χ0v) is 35.7. The van der Waals surface area contributed by atoms with Gasteiger partial charge >= 0.3 is 0 Å². The number of fused-ring (bicyclic) bond motifs is 1. The zero-order chi connectivity index (χ0) is 41.2. The van der Waals surface area contributed by atoms with E-state index in [0.717, 1.165) is 48.4 Å². The van der Waals surface area contributed by atoms with E-state index in [4.69, 9.17) is 9.47 Å². The minimum atomic E-state index is -0.116. The van der Waals surface area contributed by atoms with Crippen LogP contribution >= 0.6 is 0 Å². The molecule has 65 heavy (non-hydrogen) atoms. The predicted molar refractivity (Wildman–Crippen MR) is 262 cm³/mol. The number of rotatable bonds is 7. The van der Waals surface area contributed by atoms with Gasteiger partial charge in [-0.2, -0.15) is 0 Å². The number of hydrogen-bond donors (Lipinski definition) is 0. The van der Waals surface area contributed by atoms with Crippen LogP contribution in [0.2, 0.25) is 0 Å². The van der Waals surface area contributed by atoms with Gasteiger partial charge in [0.1, 0.15) is 13.2 Å². The second-order valence-electron chi connectivity index (χ2n) is 21.7. The molecule has 8 aliphatic carbocycles. The van der Waals surface area contributed by atoms with E-state index in [9.17, 15) is 0 Å². The lowest BCUT2D eigenvalue weighted by Gasteiger charge is -2.43. The average molecular weight is 828 g/mol. The van der Waals surface area contributed by atoms with Crippen molar-refractivity contribution in [3.63, 3.8) is 0 Å². The largest absolute Gasteiger partial charge is 0.485 e. The number of benzene rings is 8. The van der Waals surface area contributed by atoms with Crippen LogP contribution in [0.25, 0.3) is 98.7 Å². The average Bonchev–Trinajstić information content (AvgIpc) is 4.19. The Morgan fingerprint density at radius 2 is 1.26 bits per heavy atom. The van der Waals surface area contributed by atoms with Gasteiger partial charge in [-0.25, -0.2) is 0 Å². The van der Waals surface area contributed by atoms with Crippen molar-refractivity contribution in [3.8, 4) is 11.5 Å². The van der Waals surface area contributed by atoms with Crippen molar-refractivity contribution in [1.29, 1.82) is 0 Å². The second-order valence-corrected chi connectivity index (χ2v) is 21.7. The summed E-state index contributed by atoms with van der Waals surface area (Å²) in [7, 11) is 2.43. The van der Waals surface area contributed by atoms with Crippen LogP contribution in [0.1, 0.15) is 74.4 Å². The molecule has 0 N–H and O–H groups in total. The van der Waals surface area contributed by atoms with Gasteiger partial charge in [-0.15, -0.1) is 0 Å². The number of ether oxygens (including phenoxy) is 2. The molecule has 0 saturated carbocycles. The minimum absolute atomic E-state index is 0.116. The molecule has 9 aliphatic rings. The molecular weight excluding hydrogens is 791 g/mol. The summed E-state index contributed by atoms with van der Waals surface area (Å²) in [6.45, 7) is 2.04. The third-order valence-electron chi connectivity index (χ3n) is 19.2. The van der Waals surface area contributed by atoms with Crippen LogP contribution in [-0.4, -0.2) is 18.5 Å². The molecule has 1 fully saturated rings. The highest BCUT2D eigenvalue weighted by Gasteiger charge is 2.62. The lowest BCUT2D eigenvalue weighted by Crippen LogP contribution is -2.43. The first-order valence-corrected chi connectivity index (χ1v) is 24.1. The molecule has 5 unspecified atom stereocenters. The normalized spacial score (nSPS) is 25.1. The molecule has 302 valence electrons. The Kier molecular flexibility index (Phi) is 4.74. The van der Waals surface area contributed by atoms with Gasteiger partial charge < -0.3 is 9.47 Å². The number of allylic oxidation sites excluding steroid dienone is 3. The van der Waals surface area contributed by atoms with Gasteiger partial charge in [-0.1, -0.05) is 108 Å². The summed E-state index contributed by atoms with van der Waals surface area (Å²) in [6.07, 6.45) is 11.2. The second kappa shape index (κ2) is 9.69. The van der Waals surface area contributed by atoms with Crippen LogP contribution in [0.3, 0.4) is 0 Å². The molecule has 1 saturated heterocycles. The molecule has 0 bridgehead atoms. The summed E-state index contributed by atoms with van der Waals surface area (Å²) >= 11 is 0. The molecule has 0 radical (unpaired) electrons. The molecular formula is C62H37NO2. The summed E-state index contributed by atoms with van der Waals surface area (Å²) in [5.41, 5.74) is 19.8. The fourth-order valence-electron chi connectivity index (χ4n) is 17.7. The van der Waals surface area contributed by atoms with E-state index in [-0.39, 0.29) is 11.5 Å². The van der Waals surface area contributed by atoms with Crippen LogP contribution in [0.15, 0.2) is 108 Å². The quantitative estimate of drug-likeness (QED) is 0.149. The molecule has 11 aromatic carbocycles. The van der Waals surface area contributed by atoms with Crippen LogP contribution < -0.4 is 25.1 Å². The Hall–Kier alpha value is -6.94. The van der Waals surface area contributed by atoms with Gasteiger partial charge in [0.25, 0.3) is 0 Å². The first-order chi connectivity index (χ1) is 32.1. The Morgan fingerprint density at radius 1 is 0.569 bits per heavy atom. The standard InChI is InChI=1S/C62H37NO2/c1-63-23-37-36-20-34-18-31-16-32-15-29-14-30-17-33-19-35-22-62(37,61(63)28-12-13-38(64-24-26-8-4-2-5-9-26)39(21-28)65-25-27-10-6-3-7-11-27)60-46(35)51-45(33)50-41(30)40(29)48-44(32)49-42(31)43(34)52-47(36)59(60)58-56(51)54(50)53(48)55(49)57(52)58/h2-17,19,21,37,40-41,61H,18,20,22-25H2,1H3. The number of likely N-dealkylation sites (tertiary alicyclic amines) is 1. The maximum Gasteiger partial charge on any atom is 0.162 e. The molecule has 0 aromatic heterocycles. The summed E-state index contributed by atoms with van der Waals surface area (Å²) in [6, 6.07) is 33.6. The van der Waals surface area contributed by atoms with Gasteiger partial charge in [-0.3, -0.25) is 4.90 Å². The molecule has 5 atom stereocenters. The van der Waals surface area contributed by atoms with Crippen molar-refractivity contribution in [1.82, 2.24) is 4.90 Å². The van der Waals surface area contributed by atoms with E-state index in [1.165, 1.54) is 16.3 Å². The molecule has 20 rings (SSSR count). The van der Waals surface area contributed by atoms with Gasteiger partial charge in [0.05, 0.1) is 0 Å². The zero-order valence-electron chi connectivity index (χ0n) is 35.7. The van der Waals surface area contributed by atoms with Gasteiger partial charge in [0.15, 0.2) is 11.5 Å². The van der Waals surface area contributed by atoms with E-state index in [0.29, 0.717) is 31.0 Å². The smallest absolute Gasteiger partial charge is 0.162 e. The summed E-state index contributed by atoms with van der Waals surface area (Å²) in [5.74, 6) is 2.90. The van der Waals surface area contributed by atoms with Gasteiger partial charge in [0.2, 0.25) is 0 Å². The molecule has 1 heterocycles. The third kappa shape index (κ3) is 3.03. The third-order valence-corrected chi connectivity index (χ3v) is 19.2. The Balaban J connectivity index is 0.918. The monoisotopic (exact) mass is 827 g/mol. The van der Waals surface area contributed by atoms with Crippen molar-refractivity contribution < 1.29 is 9.47 Å². The van der Waals surface area contributed by atoms with Crippen molar-refractivity contribution >= 4 is 98.7 Å². The highest BCUT2D eigenvalue weighted by atomic mass is 16.5. The van der Waals surface area contributed by atoms with E-state index in [2.05, 4.69) is 121 Å². The van der Waals surface area contributed by atoms with E-state index < -0.39 is 0 Å². The lowest BCUT2D eigenvalue weighted by atomic mass is 9.60. The summed E-state index contributed by atoms with van der Waals surface area (Å²) in [5, 5.41) is 27.6. The number of nitrogens with zero attached hydrogens (tertiary/aromatic N) is 1. The van der Waals surface area contributed by atoms with Crippen molar-refractivity contribution in [3.05, 3.63) is 174 Å². The first-order valence-electron chi connectivity index (χ1n) is 24.1. The van der Waals surface area contributed by atoms with E-state index in [1.807, 2.05) is 0 Å². The van der Waals surface area contributed by atoms with Crippen molar-refractivity contribution in [2.45, 2.75) is 55.8 Å². The van der Waals surface area contributed by atoms with Crippen LogP contribution in [0.5, 0.6) is 11.5 Å². The maximum atomic E-state index is 6.87. The van der Waals surface area contributed by atoms with E-state index in [1.54, 1.807) is 136 Å². The maximum absolute atomic E-state index is 6.87. The first kappa shape index (κ1) is 31.8. The van der Waals surface area contributed by atoms with Gasteiger partial charge in [-0.05, 0) is 191 Å². The molecule has 1 spiro atoms. The fraction of sp³-hybridized carbons (Fsp3) is 0.194. The predicted octanol–water partition coefficient (Wildman–Crippen LogP) is 11.1. The van der Waals surface area contributed by atoms with Crippen LogP contribution in [0.4, 0.5) is 0 Å².